The number of carbonyl (C=O) groups excluding carboxylic acids is 3. The lowest BCUT2D eigenvalue weighted by atomic mass is 9.63. The molecule has 4 atom stereocenters. The Morgan fingerprint density at radius 3 is 2.37 bits per heavy atom. The number of Topliss-reactive ketones (excluding diaryl/α,β-unsaturated/α-hetero) is 1. The van der Waals surface area contributed by atoms with Crippen LogP contribution in [0.3, 0.4) is 0 Å². The van der Waals surface area contributed by atoms with E-state index >= 15 is 0 Å². The highest BCUT2D eigenvalue weighted by Crippen LogP contribution is 2.42. The van der Waals surface area contributed by atoms with Crippen LogP contribution in [0.5, 0.6) is 0 Å². The summed E-state index contributed by atoms with van der Waals surface area (Å²) >= 11 is 0. The van der Waals surface area contributed by atoms with Gasteiger partial charge in [-0.2, -0.15) is 0 Å². The van der Waals surface area contributed by atoms with Crippen molar-refractivity contribution in [2.24, 2.45) is 29.0 Å². The molecule has 9 heteroatoms. The van der Waals surface area contributed by atoms with Crippen molar-refractivity contribution < 1.29 is 24.0 Å². The van der Waals surface area contributed by atoms with Gasteiger partial charge in [0.05, 0.1) is 12.0 Å². The van der Waals surface area contributed by atoms with Crippen molar-refractivity contribution in [3.8, 4) is 0 Å². The van der Waals surface area contributed by atoms with Gasteiger partial charge in [-0.25, -0.2) is 16.2 Å². The summed E-state index contributed by atoms with van der Waals surface area (Å²) in [5.41, 5.74) is 4.12. The molecular weight excluding hydrogens is 520 g/mol. The fraction of sp³-hybridized carbons (Fsp3) is 0.656. The molecule has 2 unspecified atom stereocenters. The van der Waals surface area contributed by atoms with Crippen LogP contribution in [-0.4, -0.2) is 54.5 Å². The van der Waals surface area contributed by atoms with Gasteiger partial charge in [-0.15, -0.1) is 0 Å². The van der Waals surface area contributed by atoms with Crippen LogP contribution in [0.15, 0.2) is 36.4 Å². The van der Waals surface area contributed by atoms with E-state index in [2.05, 4.69) is 29.7 Å². The van der Waals surface area contributed by atoms with Crippen LogP contribution in [0.2, 0.25) is 0 Å². The van der Waals surface area contributed by atoms with E-state index in [0.717, 1.165) is 44.3 Å². The number of amides is 2. The molecule has 2 amide bonds. The minimum absolute atomic E-state index is 0.0643. The van der Waals surface area contributed by atoms with Crippen LogP contribution in [0.1, 0.15) is 84.6 Å². The Morgan fingerprint density at radius 1 is 1.07 bits per heavy atom. The first-order chi connectivity index (χ1) is 19.7. The van der Waals surface area contributed by atoms with Crippen LogP contribution in [0.4, 0.5) is 0 Å². The summed E-state index contributed by atoms with van der Waals surface area (Å²) in [6, 6.07) is 9.22. The normalized spacial score (nSPS) is 21.1. The Kier molecular flexibility index (Phi) is 13.0. The van der Waals surface area contributed by atoms with Crippen molar-refractivity contribution in [2.45, 2.75) is 91.4 Å². The van der Waals surface area contributed by atoms with E-state index in [9.17, 15) is 14.4 Å². The molecule has 2 saturated heterocycles. The molecule has 2 aliphatic rings. The number of ether oxygens (including phenoxy) is 1. The fourth-order valence-electron chi connectivity index (χ4n) is 6.20. The molecular formula is C32H50N4O5. The van der Waals surface area contributed by atoms with Gasteiger partial charge in [0.25, 0.3) is 0 Å². The number of nitrogens with zero attached hydrogens (tertiary/aromatic N) is 1. The Bertz CT molecular complexity index is 1000. The number of hydrogen-bond donors (Lipinski definition) is 3. The third-order valence-corrected chi connectivity index (χ3v) is 8.11. The number of benzene rings is 1. The van der Waals surface area contributed by atoms with Gasteiger partial charge in [-0.1, -0.05) is 70.2 Å². The third kappa shape index (κ3) is 8.95. The smallest absolute Gasteiger partial charge is 0.248 e. The van der Waals surface area contributed by atoms with E-state index in [1.807, 2.05) is 56.3 Å². The van der Waals surface area contributed by atoms with Crippen molar-refractivity contribution in [3.05, 3.63) is 42.0 Å². The Balaban J connectivity index is 2.06. The predicted octanol–water partition coefficient (Wildman–Crippen LogP) is 4.38. The van der Waals surface area contributed by atoms with Crippen molar-refractivity contribution in [1.29, 1.82) is 0 Å². The topological polar surface area (TPSA) is 123 Å². The van der Waals surface area contributed by atoms with Gasteiger partial charge >= 0.3 is 0 Å². The highest BCUT2D eigenvalue weighted by molar-refractivity contribution is 6.11. The second-order valence-electron chi connectivity index (χ2n) is 12.3. The Labute approximate surface area is 245 Å². The minimum Gasteiger partial charge on any atom is -0.350 e. The van der Waals surface area contributed by atoms with Gasteiger partial charge in [0.2, 0.25) is 11.8 Å². The van der Waals surface area contributed by atoms with Crippen molar-refractivity contribution in [2.75, 3.05) is 19.7 Å². The number of likely N-dealkylation sites (tertiary alicyclic amines) is 1. The molecule has 2 heterocycles. The zero-order valence-corrected chi connectivity index (χ0v) is 25.3. The third-order valence-electron chi connectivity index (χ3n) is 8.11. The number of carbonyl (C=O) groups is 3. The number of hydrogen-bond acceptors (Lipinski definition) is 7. The average molecular weight is 571 g/mol. The molecule has 0 aromatic heterocycles. The molecule has 41 heavy (non-hydrogen) atoms. The first-order valence-corrected chi connectivity index (χ1v) is 15.3. The molecule has 0 radical (unpaired) electrons. The largest absolute Gasteiger partial charge is 0.350 e. The summed E-state index contributed by atoms with van der Waals surface area (Å²) in [4.78, 5) is 50.7. The van der Waals surface area contributed by atoms with Crippen LogP contribution in [-0.2, 0) is 24.0 Å². The zero-order valence-electron chi connectivity index (χ0n) is 25.3. The average Bonchev–Trinajstić information content (AvgIpc) is 3.51. The number of allylic oxidation sites excluding steroid dienone is 1. The number of ketones is 1. The van der Waals surface area contributed by atoms with Gasteiger partial charge in [0, 0.05) is 13.0 Å². The van der Waals surface area contributed by atoms with E-state index < -0.39 is 35.5 Å². The maximum Gasteiger partial charge on any atom is 0.248 e. The second kappa shape index (κ2) is 16.2. The van der Waals surface area contributed by atoms with Crippen LogP contribution < -0.4 is 16.7 Å². The number of nitrogens with one attached hydrogen (secondary N) is 2. The molecule has 0 bridgehead atoms. The predicted molar refractivity (Wildman–Crippen MR) is 160 cm³/mol. The van der Waals surface area contributed by atoms with Crippen molar-refractivity contribution >= 4 is 23.7 Å². The molecule has 2 aliphatic heterocycles. The van der Waals surface area contributed by atoms with E-state index in [0.29, 0.717) is 19.4 Å². The Hall–Kier alpha value is -2.59. The molecule has 9 nitrogen and oxygen atoms in total. The van der Waals surface area contributed by atoms with Crippen LogP contribution in [0, 0.1) is 23.2 Å². The molecule has 1 aromatic rings. The summed E-state index contributed by atoms with van der Waals surface area (Å²) in [7, 11) is 0. The highest BCUT2D eigenvalue weighted by atomic mass is 16.8. The summed E-state index contributed by atoms with van der Waals surface area (Å²) in [5, 5.41) is 0. The standard InChI is InChI=1S/C32H50N4O5/c1-23(2)21-27(36-18-9-10-19-36)29(37)32(22-24(3)4,31(39)34-33)26(16-12-15-25-13-6-5-7-14-25)30(38)35-41-28-17-8-11-20-40-28/h5-7,12-15,23-24,26-28H,8-11,16-22,33H2,1-4H3,(H,34,39)(H,35,38)/b15-12+/t26-,27?,28?,32-/m1/s1. The molecule has 3 rings (SSSR count). The number of hydroxylamine groups is 1. The highest BCUT2D eigenvalue weighted by Gasteiger charge is 2.57. The van der Waals surface area contributed by atoms with Gasteiger partial charge in [-0.3, -0.25) is 24.7 Å². The van der Waals surface area contributed by atoms with Crippen LogP contribution >= 0.6 is 0 Å². The molecule has 0 spiro atoms. The maximum atomic E-state index is 14.9. The van der Waals surface area contributed by atoms with Crippen molar-refractivity contribution in [1.82, 2.24) is 15.8 Å². The number of nitrogens with two attached hydrogens (primary N) is 1. The monoisotopic (exact) mass is 570 g/mol. The van der Waals surface area contributed by atoms with Gasteiger partial charge in [0.1, 0.15) is 5.41 Å². The fourth-order valence-corrected chi connectivity index (χ4v) is 6.20. The van der Waals surface area contributed by atoms with Gasteiger partial charge < -0.3 is 4.74 Å². The second-order valence-corrected chi connectivity index (χ2v) is 12.3. The SMILES string of the molecule is CC(C)CC(C(=O)[C@](CC(C)C)(C(=O)NN)[C@H](C/C=C/c1ccccc1)C(=O)NOC1CCCCO1)N1CCCC1. The summed E-state index contributed by atoms with van der Waals surface area (Å²) < 4.78 is 5.64. The van der Waals surface area contributed by atoms with E-state index in [1.54, 1.807) is 0 Å². The lowest BCUT2D eigenvalue weighted by molar-refractivity contribution is -0.204. The first kappa shape index (κ1) is 32.9. The molecule has 228 valence electrons. The zero-order chi connectivity index (χ0) is 29.8. The van der Waals surface area contributed by atoms with Gasteiger partial charge in [-0.05, 0) is 75.4 Å². The van der Waals surface area contributed by atoms with E-state index in [-0.39, 0.29) is 30.5 Å². The van der Waals surface area contributed by atoms with Crippen molar-refractivity contribution in [3.63, 3.8) is 0 Å². The maximum absolute atomic E-state index is 14.9. The molecule has 2 fully saturated rings. The molecule has 0 saturated carbocycles. The number of rotatable bonds is 15. The molecule has 0 aliphatic carbocycles. The minimum atomic E-state index is -1.70. The Morgan fingerprint density at radius 2 is 1.78 bits per heavy atom. The lowest BCUT2D eigenvalue weighted by Crippen LogP contribution is -2.61. The summed E-state index contributed by atoms with van der Waals surface area (Å²) in [6.07, 6.45) is 8.65. The van der Waals surface area contributed by atoms with Crippen LogP contribution in [0.25, 0.3) is 6.08 Å². The van der Waals surface area contributed by atoms with Gasteiger partial charge in [0.15, 0.2) is 12.1 Å². The summed E-state index contributed by atoms with van der Waals surface area (Å²) in [6.45, 7) is 10.2. The quantitative estimate of drug-likeness (QED) is 0.124. The molecule has 1 aromatic carbocycles. The van der Waals surface area contributed by atoms with E-state index in [4.69, 9.17) is 15.4 Å². The summed E-state index contributed by atoms with van der Waals surface area (Å²) in [5.74, 6) is 3.51. The molecule has 4 N–H and O–H groups in total. The number of hydrazine groups is 1. The van der Waals surface area contributed by atoms with E-state index in [1.165, 1.54) is 0 Å². The first-order valence-electron chi connectivity index (χ1n) is 15.3. The lowest BCUT2D eigenvalue weighted by Gasteiger charge is -2.42.